The summed E-state index contributed by atoms with van der Waals surface area (Å²) in [6, 6.07) is 0.0372. The van der Waals surface area contributed by atoms with Crippen LogP contribution in [0.1, 0.15) is 12.8 Å². The zero-order valence-corrected chi connectivity index (χ0v) is 11.2. The molecular formula is C11H18N2O4S. The fraction of sp³-hybridized carbons (Fsp3) is 0.727. The molecule has 1 rings (SSSR count). The van der Waals surface area contributed by atoms with Crippen molar-refractivity contribution >= 4 is 16.0 Å². The van der Waals surface area contributed by atoms with Gasteiger partial charge in [0.25, 0.3) is 0 Å². The number of nitrogens with zero attached hydrogens (tertiary/aromatic N) is 2. The Hall–Kier alpha value is -1.10. The lowest BCUT2D eigenvalue weighted by molar-refractivity contribution is -0.138. The molecular weight excluding hydrogens is 256 g/mol. The third kappa shape index (κ3) is 4.29. The maximum Gasteiger partial charge on any atom is 0.317 e. The summed E-state index contributed by atoms with van der Waals surface area (Å²) in [5, 5.41) is 8.81. The maximum atomic E-state index is 11.4. The van der Waals surface area contributed by atoms with Crippen LogP contribution in [0.3, 0.4) is 0 Å². The molecule has 0 spiro atoms. The highest BCUT2D eigenvalue weighted by Gasteiger charge is 2.28. The molecule has 0 radical (unpaired) electrons. The Kier molecular flexibility index (Phi) is 5.14. The van der Waals surface area contributed by atoms with Crippen LogP contribution in [-0.2, 0) is 14.8 Å². The summed E-state index contributed by atoms with van der Waals surface area (Å²) in [6.07, 6.45) is 7.63. The van der Waals surface area contributed by atoms with Crippen molar-refractivity contribution in [3.63, 3.8) is 0 Å². The molecule has 0 aromatic rings. The first-order valence-electron chi connectivity index (χ1n) is 5.69. The van der Waals surface area contributed by atoms with E-state index in [9.17, 15) is 13.2 Å². The first-order chi connectivity index (χ1) is 8.34. The van der Waals surface area contributed by atoms with Crippen LogP contribution < -0.4 is 0 Å². The van der Waals surface area contributed by atoms with Gasteiger partial charge >= 0.3 is 5.97 Å². The Morgan fingerprint density at radius 2 is 2.06 bits per heavy atom. The Balaban J connectivity index is 2.59. The Labute approximate surface area is 108 Å². The Bertz CT molecular complexity index is 432. The standard InChI is InChI=1S/C11H18N2O4S/c1-3-6-12(9-11(14)15)10-4-7-13(8-5-10)18(2,16)17/h1,10H,4-9H2,2H3,(H,14,15). The Morgan fingerprint density at radius 1 is 1.50 bits per heavy atom. The summed E-state index contributed by atoms with van der Waals surface area (Å²) in [6.45, 7) is 1.01. The van der Waals surface area contributed by atoms with Crippen molar-refractivity contribution in [2.24, 2.45) is 0 Å². The molecule has 1 N–H and O–H groups in total. The third-order valence-electron chi connectivity index (χ3n) is 3.04. The van der Waals surface area contributed by atoms with Crippen molar-refractivity contribution in [1.29, 1.82) is 0 Å². The smallest absolute Gasteiger partial charge is 0.317 e. The van der Waals surface area contributed by atoms with E-state index in [0.29, 0.717) is 25.9 Å². The van der Waals surface area contributed by atoms with Crippen molar-refractivity contribution < 1.29 is 18.3 Å². The van der Waals surface area contributed by atoms with Gasteiger partial charge in [-0.1, -0.05) is 5.92 Å². The molecule has 0 amide bonds. The minimum atomic E-state index is -3.15. The van der Waals surface area contributed by atoms with Gasteiger partial charge in [-0.05, 0) is 12.8 Å². The number of terminal acetylenes is 1. The average Bonchev–Trinajstić information content (AvgIpc) is 2.27. The highest BCUT2D eigenvalue weighted by molar-refractivity contribution is 7.88. The van der Waals surface area contributed by atoms with Gasteiger partial charge in [-0.2, -0.15) is 0 Å². The van der Waals surface area contributed by atoms with Crippen molar-refractivity contribution in [1.82, 2.24) is 9.21 Å². The molecule has 0 saturated carbocycles. The monoisotopic (exact) mass is 274 g/mol. The minimum absolute atomic E-state index is 0.0372. The van der Waals surface area contributed by atoms with Gasteiger partial charge in [0.15, 0.2) is 0 Å². The van der Waals surface area contributed by atoms with E-state index in [1.807, 2.05) is 0 Å². The van der Waals surface area contributed by atoms with Crippen LogP contribution in [0.25, 0.3) is 0 Å². The molecule has 6 nitrogen and oxygen atoms in total. The van der Waals surface area contributed by atoms with Crippen LogP contribution in [0.4, 0.5) is 0 Å². The molecule has 1 fully saturated rings. The number of hydrogen-bond donors (Lipinski definition) is 1. The summed E-state index contributed by atoms with van der Waals surface area (Å²) in [7, 11) is -3.15. The molecule has 0 atom stereocenters. The normalized spacial score (nSPS) is 18.7. The molecule has 1 saturated heterocycles. The lowest BCUT2D eigenvalue weighted by Crippen LogP contribution is -2.48. The van der Waals surface area contributed by atoms with Crippen molar-refractivity contribution in [3.05, 3.63) is 0 Å². The van der Waals surface area contributed by atoms with Crippen LogP contribution in [0.5, 0.6) is 0 Å². The van der Waals surface area contributed by atoms with E-state index in [-0.39, 0.29) is 19.1 Å². The number of carboxylic acid groups (broad SMARTS) is 1. The van der Waals surface area contributed by atoms with Crippen molar-refractivity contribution in [3.8, 4) is 12.3 Å². The second-order valence-corrected chi connectivity index (χ2v) is 6.38. The SMILES string of the molecule is C#CCN(CC(=O)O)C1CCN(S(C)(=O)=O)CC1. The molecule has 1 aliphatic heterocycles. The molecule has 0 aromatic carbocycles. The summed E-state index contributed by atoms with van der Waals surface area (Å²) < 4.78 is 24.1. The number of hydrogen-bond acceptors (Lipinski definition) is 4. The minimum Gasteiger partial charge on any atom is -0.480 e. The summed E-state index contributed by atoms with van der Waals surface area (Å²) >= 11 is 0. The van der Waals surface area contributed by atoms with E-state index in [4.69, 9.17) is 11.5 Å². The van der Waals surface area contributed by atoms with E-state index in [0.717, 1.165) is 0 Å². The second-order valence-electron chi connectivity index (χ2n) is 4.40. The molecule has 0 bridgehead atoms. The van der Waals surface area contributed by atoms with Gasteiger partial charge in [0.2, 0.25) is 10.0 Å². The lowest BCUT2D eigenvalue weighted by Gasteiger charge is -2.36. The number of carboxylic acids is 1. The number of piperidine rings is 1. The molecule has 7 heteroatoms. The fourth-order valence-corrected chi connectivity index (χ4v) is 3.02. The van der Waals surface area contributed by atoms with Crippen LogP contribution >= 0.6 is 0 Å². The van der Waals surface area contributed by atoms with Gasteiger partial charge in [-0.3, -0.25) is 9.69 Å². The quantitative estimate of drug-likeness (QED) is 0.679. The van der Waals surface area contributed by atoms with Gasteiger partial charge < -0.3 is 5.11 Å². The van der Waals surface area contributed by atoms with Gasteiger partial charge in [-0.15, -0.1) is 6.42 Å². The van der Waals surface area contributed by atoms with Crippen LogP contribution in [0.15, 0.2) is 0 Å². The number of carbonyl (C=O) groups is 1. The zero-order valence-electron chi connectivity index (χ0n) is 10.4. The number of sulfonamides is 1. The van der Waals surface area contributed by atoms with E-state index < -0.39 is 16.0 Å². The van der Waals surface area contributed by atoms with E-state index >= 15 is 0 Å². The van der Waals surface area contributed by atoms with Crippen molar-refractivity contribution in [2.75, 3.05) is 32.4 Å². The lowest BCUT2D eigenvalue weighted by atomic mass is 10.0. The zero-order chi connectivity index (χ0) is 13.8. The topological polar surface area (TPSA) is 77.9 Å². The predicted octanol–water partition coefficient (Wildman–Crippen LogP) is -0.570. The third-order valence-corrected chi connectivity index (χ3v) is 4.34. The summed E-state index contributed by atoms with van der Waals surface area (Å²) in [5.41, 5.74) is 0. The molecule has 1 aliphatic rings. The van der Waals surface area contributed by atoms with Crippen LogP contribution in [-0.4, -0.2) is 67.2 Å². The number of rotatable bonds is 5. The van der Waals surface area contributed by atoms with Gasteiger partial charge in [0.05, 0.1) is 19.3 Å². The van der Waals surface area contributed by atoms with Gasteiger partial charge in [0, 0.05) is 19.1 Å². The van der Waals surface area contributed by atoms with E-state index in [1.54, 1.807) is 4.90 Å². The average molecular weight is 274 g/mol. The second kappa shape index (κ2) is 6.18. The maximum absolute atomic E-state index is 11.4. The van der Waals surface area contributed by atoms with Crippen LogP contribution in [0, 0.1) is 12.3 Å². The molecule has 0 unspecified atom stereocenters. The number of aliphatic carboxylic acids is 1. The molecule has 102 valence electrons. The predicted molar refractivity (Wildman–Crippen MR) is 67.5 cm³/mol. The first kappa shape index (κ1) is 15.0. The van der Waals surface area contributed by atoms with Gasteiger partial charge in [-0.25, -0.2) is 12.7 Å². The van der Waals surface area contributed by atoms with Gasteiger partial charge in [0.1, 0.15) is 0 Å². The molecule has 18 heavy (non-hydrogen) atoms. The van der Waals surface area contributed by atoms with Crippen LogP contribution in [0.2, 0.25) is 0 Å². The van der Waals surface area contributed by atoms with E-state index in [1.165, 1.54) is 10.6 Å². The highest BCUT2D eigenvalue weighted by atomic mass is 32.2. The highest BCUT2D eigenvalue weighted by Crippen LogP contribution is 2.18. The molecule has 0 aromatic heterocycles. The fourth-order valence-electron chi connectivity index (χ4n) is 2.14. The first-order valence-corrected chi connectivity index (χ1v) is 7.54. The molecule has 0 aliphatic carbocycles. The summed E-state index contributed by atoms with van der Waals surface area (Å²) in [4.78, 5) is 12.4. The molecule has 1 heterocycles. The largest absolute Gasteiger partial charge is 0.480 e. The van der Waals surface area contributed by atoms with Crippen molar-refractivity contribution in [2.45, 2.75) is 18.9 Å². The summed E-state index contributed by atoms with van der Waals surface area (Å²) in [5.74, 6) is 1.52. The van der Waals surface area contributed by atoms with E-state index in [2.05, 4.69) is 5.92 Å². The Morgan fingerprint density at radius 3 is 2.44 bits per heavy atom.